The highest BCUT2D eigenvalue weighted by Gasteiger charge is 2.27. The zero-order valence-corrected chi connectivity index (χ0v) is 42.0. The van der Waals surface area contributed by atoms with Crippen molar-refractivity contribution < 1.29 is 0 Å². The average Bonchev–Trinajstić information content (AvgIpc) is 3.91. The number of rotatable bonds is 7. The van der Waals surface area contributed by atoms with Crippen molar-refractivity contribution in [1.29, 1.82) is 0 Å². The van der Waals surface area contributed by atoms with Crippen molar-refractivity contribution in [2.75, 3.05) is 4.90 Å². The third-order valence-corrected chi connectivity index (χ3v) is 15.7. The highest BCUT2D eigenvalue weighted by molar-refractivity contribution is 7.17. The molecule has 0 bridgehead atoms. The summed E-state index contributed by atoms with van der Waals surface area (Å²) in [5, 5.41) is 7.68. The number of fused-ring (bicyclic) bond motifs is 7. The van der Waals surface area contributed by atoms with Gasteiger partial charge >= 0.3 is 0 Å². The standard InChI is InChI=1S/C67H58N2S/c1-43-37-57(65-56-28-14-18-34-62(56)70-63(65)38-43)53-27-13-17-33-60(53)69(49-35-36-54-51-25-11-15-31-58(51)68(61(54)42-49)48-23-9-8-10-24-48)59-32-16-12-26-52(59)55-30-20-22-44-21-19-29-50(64(44)55)45-39-46(66(2,3)4)41-47(40-45)67(5,6)7/h8-36,38-43H,37H2,1-7H3. The Kier molecular flexibility index (Phi) is 10.6. The van der Waals surface area contributed by atoms with E-state index in [0.29, 0.717) is 5.92 Å². The maximum Gasteiger partial charge on any atom is 0.0561 e. The highest BCUT2D eigenvalue weighted by atomic mass is 32.1. The second-order valence-electron chi connectivity index (χ2n) is 21.4. The third-order valence-electron chi connectivity index (χ3n) is 14.6. The lowest BCUT2D eigenvalue weighted by molar-refractivity contribution is 0.569. The van der Waals surface area contributed by atoms with Crippen LogP contribution in [0.1, 0.15) is 71.6 Å². The minimum atomic E-state index is -0.0144. The Morgan fingerprint density at radius 1 is 0.500 bits per heavy atom. The Morgan fingerprint density at radius 2 is 1.09 bits per heavy atom. The predicted molar refractivity (Wildman–Crippen MR) is 303 cm³/mol. The minimum Gasteiger partial charge on any atom is -0.309 e. The molecule has 2 heterocycles. The third kappa shape index (κ3) is 7.47. The molecule has 12 rings (SSSR count). The first-order valence-corrected chi connectivity index (χ1v) is 25.7. The molecule has 0 fully saturated rings. The number of aromatic nitrogens is 1. The second-order valence-corrected chi connectivity index (χ2v) is 22.5. The molecular weight excluding hydrogens is 865 g/mol. The molecule has 2 aromatic heterocycles. The van der Waals surface area contributed by atoms with Gasteiger partial charge in [-0.25, -0.2) is 0 Å². The van der Waals surface area contributed by atoms with Crippen LogP contribution in [-0.2, 0) is 10.8 Å². The molecule has 1 aliphatic rings. The number of hydrogen-bond acceptors (Lipinski definition) is 2. The van der Waals surface area contributed by atoms with Gasteiger partial charge in [0, 0.05) is 53.1 Å². The summed E-state index contributed by atoms with van der Waals surface area (Å²) < 4.78 is 5.15. The molecule has 0 aliphatic heterocycles. The van der Waals surface area contributed by atoms with E-state index in [1.165, 1.54) is 96.9 Å². The topological polar surface area (TPSA) is 8.17 Å². The van der Waals surface area contributed by atoms with Gasteiger partial charge in [-0.05, 0) is 116 Å². The molecule has 11 aromatic rings. The fourth-order valence-electron chi connectivity index (χ4n) is 11.1. The minimum absolute atomic E-state index is 0.0144. The van der Waals surface area contributed by atoms with E-state index >= 15 is 0 Å². The number of para-hydroxylation sites is 4. The Morgan fingerprint density at radius 3 is 1.81 bits per heavy atom. The zero-order valence-electron chi connectivity index (χ0n) is 41.2. The molecule has 2 nitrogen and oxygen atoms in total. The number of anilines is 3. The maximum atomic E-state index is 2.57. The molecule has 3 heteroatoms. The van der Waals surface area contributed by atoms with Crippen LogP contribution in [0.3, 0.4) is 0 Å². The Bertz CT molecular complexity index is 3930. The first-order valence-electron chi connectivity index (χ1n) is 24.9. The van der Waals surface area contributed by atoms with Gasteiger partial charge in [0.05, 0.1) is 22.4 Å². The molecular formula is C67H58N2S. The quantitative estimate of drug-likeness (QED) is 0.155. The van der Waals surface area contributed by atoms with E-state index < -0.39 is 0 Å². The van der Waals surface area contributed by atoms with Gasteiger partial charge < -0.3 is 9.47 Å². The lowest BCUT2D eigenvalue weighted by Gasteiger charge is -2.31. The van der Waals surface area contributed by atoms with Crippen LogP contribution in [-0.4, -0.2) is 4.57 Å². The smallest absolute Gasteiger partial charge is 0.0561 e. The zero-order chi connectivity index (χ0) is 47.9. The van der Waals surface area contributed by atoms with Crippen molar-refractivity contribution in [1.82, 2.24) is 4.57 Å². The van der Waals surface area contributed by atoms with Crippen LogP contribution in [0.15, 0.2) is 200 Å². The van der Waals surface area contributed by atoms with E-state index in [-0.39, 0.29) is 10.8 Å². The van der Waals surface area contributed by atoms with Gasteiger partial charge in [0.25, 0.3) is 0 Å². The van der Waals surface area contributed by atoms with E-state index in [0.717, 1.165) is 29.2 Å². The van der Waals surface area contributed by atoms with Gasteiger partial charge in [-0.2, -0.15) is 0 Å². The lowest BCUT2D eigenvalue weighted by Crippen LogP contribution is -2.28. The number of hydrogen-bond donors (Lipinski definition) is 0. The van der Waals surface area contributed by atoms with Crippen LogP contribution in [0.4, 0.5) is 17.1 Å². The second kappa shape index (κ2) is 16.9. The van der Waals surface area contributed by atoms with Gasteiger partial charge in [0.2, 0.25) is 0 Å². The van der Waals surface area contributed by atoms with E-state index in [9.17, 15) is 0 Å². The average molecular weight is 923 g/mol. The first-order chi connectivity index (χ1) is 33.9. The SMILES string of the molecule is CC1C=c2sc3ccccc3c2=C(c2ccccc2N(c2ccc3c4ccccc4n(-c4ccccc4)c3c2)c2ccccc2-c2cccc3cccc(-c4cc(C(C)(C)C)cc(C(C)(C)C)c4)c23)C1. The maximum absolute atomic E-state index is 2.57. The molecule has 9 aromatic carbocycles. The monoisotopic (exact) mass is 922 g/mol. The first kappa shape index (κ1) is 43.8. The Balaban J connectivity index is 1.17. The van der Waals surface area contributed by atoms with Crippen LogP contribution >= 0.6 is 11.3 Å². The molecule has 1 atom stereocenters. The molecule has 0 radical (unpaired) electrons. The Labute approximate surface area is 416 Å². The molecule has 0 amide bonds. The lowest BCUT2D eigenvalue weighted by atomic mass is 9.78. The molecule has 0 spiro atoms. The van der Waals surface area contributed by atoms with Gasteiger partial charge in [-0.15, -0.1) is 11.3 Å². The molecule has 1 unspecified atom stereocenters. The normalized spacial score (nSPS) is 14.1. The van der Waals surface area contributed by atoms with Crippen LogP contribution in [0.25, 0.3) is 82.3 Å². The predicted octanol–water partition coefficient (Wildman–Crippen LogP) is 17.6. The summed E-state index contributed by atoms with van der Waals surface area (Å²) >= 11 is 1.92. The van der Waals surface area contributed by atoms with Crippen molar-refractivity contribution in [2.45, 2.75) is 65.7 Å². The van der Waals surface area contributed by atoms with Gasteiger partial charge in [0.15, 0.2) is 0 Å². The molecule has 0 saturated heterocycles. The van der Waals surface area contributed by atoms with E-state index in [1.807, 2.05) is 11.3 Å². The largest absolute Gasteiger partial charge is 0.309 e. The summed E-state index contributed by atoms with van der Waals surface area (Å²) in [5.41, 5.74) is 17.1. The van der Waals surface area contributed by atoms with Gasteiger partial charge in [-0.3, -0.25) is 0 Å². The summed E-state index contributed by atoms with van der Waals surface area (Å²) in [5.74, 6) is 0.395. The highest BCUT2D eigenvalue weighted by Crippen LogP contribution is 2.48. The van der Waals surface area contributed by atoms with E-state index in [2.05, 4.69) is 264 Å². The van der Waals surface area contributed by atoms with E-state index in [1.54, 1.807) is 0 Å². The summed E-state index contributed by atoms with van der Waals surface area (Å²) in [6, 6.07) is 75.1. The van der Waals surface area contributed by atoms with Crippen LogP contribution in [0.5, 0.6) is 0 Å². The number of benzene rings is 9. The van der Waals surface area contributed by atoms with Crippen molar-refractivity contribution in [3.05, 3.63) is 227 Å². The van der Waals surface area contributed by atoms with Crippen molar-refractivity contribution in [3.63, 3.8) is 0 Å². The summed E-state index contributed by atoms with van der Waals surface area (Å²) in [6.07, 6.45) is 3.45. The summed E-state index contributed by atoms with van der Waals surface area (Å²) in [7, 11) is 0. The van der Waals surface area contributed by atoms with E-state index in [4.69, 9.17) is 0 Å². The van der Waals surface area contributed by atoms with Crippen LogP contribution in [0, 0.1) is 5.92 Å². The summed E-state index contributed by atoms with van der Waals surface area (Å²) in [4.78, 5) is 2.57. The number of thiophene rings is 1. The van der Waals surface area contributed by atoms with Crippen molar-refractivity contribution in [2.24, 2.45) is 5.92 Å². The fourth-order valence-corrected chi connectivity index (χ4v) is 12.4. The number of nitrogens with zero attached hydrogens (tertiary/aromatic N) is 2. The molecule has 0 saturated carbocycles. The van der Waals surface area contributed by atoms with Gasteiger partial charge in [0.1, 0.15) is 0 Å². The summed E-state index contributed by atoms with van der Waals surface area (Å²) in [6.45, 7) is 16.4. The molecule has 70 heavy (non-hydrogen) atoms. The van der Waals surface area contributed by atoms with Crippen molar-refractivity contribution >= 4 is 82.7 Å². The Hall–Kier alpha value is -7.46. The molecule has 342 valence electrons. The van der Waals surface area contributed by atoms with Gasteiger partial charge in [-0.1, -0.05) is 206 Å². The molecule has 1 aliphatic carbocycles. The molecule has 0 N–H and O–H groups in total. The van der Waals surface area contributed by atoms with Crippen LogP contribution < -0.4 is 14.7 Å². The van der Waals surface area contributed by atoms with Crippen LogP contribution in [0.2, 0.25) is 0 Å². The fraction of sp³-hybridized carbons (Fsp3) is 0.164. The van der Waals surface area contributed by atoms with Crippen molar-refractivity contribution in [3.8, 4) is 27.9 Å².